The van der Waals surface area contributed by atoms with Gasteiger partial charge in [0.1, 0.15) is 11.4 Å². The number of aromatic hydroxyl groups is 1. The summed E-state index contributed by atoms with van der Waals surface area (Å²) in [6.07, 6.45) is 1.64. The first-order valence-corrected chi connectivity index (χ1v) is 6.47. The standard InChI is InChI=1S/C13H9BrN4O2/c14-7-1-4-10(16-6-7)12-17-13(20-18-12)9-3-2-8(15)5-11(9)19/h1-6,19H,15H2. The van der Waals surface area contributed by atoms with Crippen LogP contribution in [-0.4, -0.2) is 20.2 Å². The van der Waals surface area contributed by atoms with E-state index in [2.05, 4.69) is 31.1 Å². The maximum absolute atomic E-state index is 9.83. The lowest BCUT2D eigenvalue weighted by atomic mass is 10.2. The van der Waals surface area contributed by atoms with Crippen LogP contribution >= 0.6 is 15.9 Å². The van der Waals surface area contributed by atoms with E-state index >= 15 is 0 Å². The number of phenols is 1. The molecule has 7 heteroatoms. The number of hydrogen-bond acceptors (Lipinski definition) is 6. The Morgan fingerprint density at radius 2 is 2.05 bits per heavy atom. The molecule has 3 aromatic rings. The number of rotatable bonds is 2. The first kappa shape index (κ1) is 12.6. The first-order chi connectivity index (χ1) is 9.63. The summed E-state index contributed by atoms with van der Waals surface area (Å²) in [6.45, 7) is 0. The van der Waals surface area contributed by atoms with E-state index in [-0.39, 0.29) is 11.6 Å². The predicted octanol–water partition coefficient (Wildman–Crippen LogP) is 2.85. The minimum Gasteiger partial charge on any atom is -0.507 e. The average Bonchev–Trinajstić information content (AvgIpc) is 2.89. The van der Waals surface area contributed by atoms with Crippen LogP contribution in [0.2, 0.25) is 0 Å². The predicted molar refractivity (Wildman–Crippen MR) is 76.7 cm³/mol. The number of anilines is 1. The van der Waals surface area contributed by atoms with Gasteiger partial charge in [0.05, 0.1) is 5.56 Å². The number of pyridine rings is 1. The molecule has 6 nitrogen and oxygen atoms in total. The van der Waals surface area contributed by atoms with Crippen LogP contribution in [0.3, 0.4) is 0 Å². The third-order valence-electron chi connectivity index (χ3n) is 2.63. The SMILES string of the molecule is Nc1ccc(-c2nc(-c3ccc(Br)cn3)no2)c(O)c1. The molecule has 2 aromatic heterocycles. The third-order valence-corrected chi connectivity index (χ3v) is 3.10. The lowest BCUT2D eigenvalue weighted by molar-refractivity contribution is 0.425. The largest absolute Gasteiger partial charge is 0.507 e. The highest BCUT2D eigenvalue weighted by atomic mass is 79.9. The molecule has 0 unspecified atom stereocenters. The van der Waals surface area contributed by atoms with Crippen LogP contribution < -0.4 is 5.73 Å². The van der Waals surface area contributed by atoms with Crippen LogP contribution in [-0.2, 0) is 0 Å². The molecule has 0 atom stereocenters. The Balaban J connectivity index is 1.99. The van der Waals surface area contributed by atoms with E-state index in [0.29, 0.717) is 22.8 Å². The highest BCUT2D eigenvalue weighted by Crippen LogP contribution is 2.30. The lowest BCUT2D eigenvalue weighted by Crippen LogP contribution is -1.87. The average molecular weight is 333 g/mol. The monoisotopic (exact) mass is 332 g/mol. The number of phenolic OH excluding ortho intramolecular Hbond substituents is 1. The zero-order valence-corrected chi connectivity index (χ0v) is 11.7. The fourth-order valence-corrected chi connectivity index (χ4v) is 1.91. The van der Waals surface area contributed by atoms with Gasteiger partial charge in [0.15, 0.2) is 0 Å². The molecule has 1 aromatic carbocycles. The molecule has 0 aliphatic heterocycles. The van der Waals surface area contributed by atoms with E-state index in [1.54, 1.807) is 24.4 Å². The maximum atomic E-state index is 9.83. The van der Waals surface area contributed by atoms with E-state index in [9.17, 15) is 5.11 Å². The number of aromatic nitrogens is 3. The molecule has 0 saturated carbocycles. The van der Waals surface area contributed by atoms with E-state index in [0.717, 1.165) is 4.47 Å². The molecule has 0 spiro atoms. The second-order valence-electron chi connectivity index (χ2n) is 4.06. The summed E-state index contributed by atoms with van der Waals surface area (Å²) in [5, 5.41) is 13.7. The summed E-state index contributed by atoms with van der Waals surface area (Å²) in [4.78, 5) is 8.39. The lowest BCUT2D eigenvalue weighted by Gasteiger charge is -1.99. The van der Waals surface area contributed by atoms with Crippen LogP contribution in [0.5, 0.6) is 5.75 Å². The molecule has 0 bridgehead atoms. The van der Waals surface area contributed by atoms with Gasteiger partial charge < -0.3 is 15.4 Å². The zero-order valence-electron chi connectivity index (χ0n) is 10.1. The molecular weight excluding hydrogens is 324 g/mol. The van der Waals surface area contributed by atoms with Crippen molar-refractivity contribution in [1.82, 2.24) is 15.1 Å². The summed E-state index contributed by atoms with van der Waals surface area (Å²) in [5.74, 6) is 0.551. The first-order valence-electron chi connectivity index (χ1n) is 5.68. The van der Waals surface area contributed by atoms with Gasteiger partial charge in [-0.1, -0.05) is 5.16 Å². The molecule has 0 fully saturated rings. The van der Waals surface area contributed by atoms with Crippen molar-refractivity contribution < 1.29 is 9.63 Å². The molecule has 100 valence electrons. The van der Waals surface area contributed by atoms with Gasteiger partial charge in [-0.3, -0.25) is 4.98 Å². The fraction of sp³-hybridized carbons (Fsp3) is 0. The Labute approximate surface area is 122 Å². The Hall–Kier alpha value is -2.41. The molecule has 2 heterocycles. The van der Waals surface area contributed by atoms with E-state index in [1.807, 2.05) is 6.07 Å². The van der Waals surface area contributed by atoms with Crippen LogP contribution in [0.1, 0.15) is 0 Å². The van der Waals surface area contributed by atoms with Crippen molar-refractivity contribution >= 4 is 21.6 Å². The summed E-state index contributed by atoms with van der Waals surface area (Å²) in [7, 11) is 0. The number of nitrogen functional groups attached to an aromatic ring is 1. The molecule has 0 radical (unpaired) electrons. The molecular formula is C13H9BrN4O2. The Bertz CT molecular complexity index is 755. The molecule has 0 amide bonds. The minimum absolute atomic E-state index is 0.0102. The van der Waals surface area contributed by atoms with Crippen molar-refractivity contribution in [3.05, 3.63) is 41.0 Å². The quantitative estimate of drug-likeness (QED) is 0.700. The Morgan fingerprint density at radius 3 is 2.75 bits per heavy atom. The number of hydrogen-bond donors (Lipinski definition) is 2. The van der Waals surface area contributed by atoms with Crippen molar-refractivity contribution in [2.75, 3.05) is 5.73 Å². The topological polar surface area (TPSA) is 98.1 Å². The van der Waals surface area contributed by atoms with Crippen molar-refractivity contribution in [2.24, 2.45) is 0 Å². The molecule has 0 aliphatic rings. The van der Waals surface area contributed by atoms with Gasteiger partial charge >= 0.3 is 0 Å². The fourth-order valence-electron chi connectivity index (χ4n) is 1.67. The number of nitrogens with zero attached hydrogens (tertiary/aromatic N) is 3. The van der Waals surface area contributed by atoms with Gasteiger partial charge in [0.25, 0.3) is 5.89 Å². The summed E-state index contributed by atoms with van der Waals surface area (Å²) < 4.78 is 6.00. The van der Waals surface area contributed by atoms with E-state index in [1.165, 1.54) is 6.07 Å². The molecule has 0 aliphatic carbocycles. The van der Waals surface area contributed by atoms with Gasteiger partial charge in [-0.2, -0.15) is 4.98 Å². The summed E-state index contributed by atoms with van der Waals surface area (Å²) >= 11 is 3.30. The molecule has 0 saturated heterocycles. The maximum Gasteiger partial charge on any atom is 0.262 e. The van der Waals surface area contributed by atoms with Crippen molar-refractivity contribution in [3.63, 3.8) is 0 Å². The van der Waals surface area contributed by atoms with Gasteiger partial charge in [0.2, 0.25) is 5.82 Å². The van der Waals surface area contributed by atoms with Crippen molar-refractivity contribution in [2.45, 2.75) is 0 Å². The number of nitrogens with two attached hydrogens (primary N) is 1. The van der Waals surface area contributed by atoms with E-state index < -0.39 is 0 Å². The second kappa shape index (κ2) is 4.93. The normalized spacial score (nSPS) is 10.7. The van der Waals surface area contributed by atoms with Gasteiger partial charge in [-0.15, -0.1) is 0 Å². The van der Waals surface area contributed by atoms with Crippen molar-refractivity contribution in [3.8, 4) is 28.7 Å². The van der Waals surface area contributed by atoms with Crippen LogP contribution in [0.25, 0.3) is 23.0 Å². The summed E-state index contributed by atoms with van der Waals surface area (Å²) in [5.41, 5.74) is 7.04. The highest BCUT2D eigenvalue weighted by Gasteiger charge is 2.14. The van der Waals surface area contributed by atoms with Gasteiger partial charge in [-0.25, -0.2) is 0 Å². The summed E-state index contributed by atoms with van der Waals surface area (Å²) in [6, 6.07) is 8.30. The third kappa shape index (κ3) is 2.35. The van der Waals surface area contributed by atoms with Gasteiger partial charge in [0, 0.05) is 22.4 Å². The highest BCUT2D eigenvalue weighted by molar-refractivity contribution is 9.10. The van der Waals surface area contributed by atoms with Crippen molar-refractivity contribution in [1.29, 1.82) is 0 Å². The van der Waals surface area contributed by atoms with Crippen LogP contribution in [0.4, 0.5) is 5.69 Å². The van der Waals surface area contributed by atoms with Crippen LogP contribution in [0, 0.1) is 0 Å². The molecule has 3 rings (SSSR count). The molecule has 3 N–H and O–H groups in total. The van der Waals surface area contributed by atoms with Crippen LogP contribution in [0.15, 0.2) is 45.5 Å². The Morgan fingerprint density at radius 1 is 1.20 bits per heavy atom. The van der Waals surface area contributed by atoms with Gasteiger partial charge in [-0.05, 0) is 40.2 Å². The number of benzene rings is 1. The Kier molecular flexibility index (Phi) is 3.11. The molecule has 20 heavy (non-hydrogen) atoms. The smallest absolute Gasteiger partial charge is 0.262 e. The van der Waals surface area contributed by atoms with E-state index in [4.69, 9.17) is 10.3 Å². The number of halogens is 1. The second-order valence-corrected chi connectivity index (χ2v) is 4.98. The zero-order chi connectivity index (χ0) is 14.1. The minimum atomic E-state index is -0.0102.